The zero-order chi connectivity index (χ0) is 14.0. The van der Waals surface area contributed by atoms with Gasteiger partial charge in [0.2, 0.25) is 0 Å². The molecule has 1 aromatic carbocycles. The Balaban J connectivity index is 2.56. The maximum absolute atomic E-state index is 12.0. The average molecular weight is 302 g/mol. The number of aliphatic hydroxyl groups excluding tert-OH is 1. The van der Waals surface area contributed by atoms with Crippen LogP contribution in [-0.4, -0.2) is 28.3 Å². The van der Waals surface area contributed by atoms with Crippen LogP contribution in [0.15, 0.2) is 29.1 Å². The molecule has 1 N–H and O–H groups in total. The van der Waals surface area contributed by atoms with Crippen LogP contribution in [-0.2, 0) is 7.05 Å². The third kappa shape index (κ3) is 2.71. The van der Waals surface area contributed by atoms with E-state index in [1.54, 1.807) is 13.1 Å². The normalized spacial score (nSPS) is 12.6. The van der Waals surface area contributed by atoms with Crippen molar-refractivity contribution in [3.8, 4) is 5.75 Å². The van der Waals surface area contributed by atoms with Crippen molar-refractivity contribution < 1.29 is 9.84 Å². The van der Waals surface area contributed by atoms with E-state index in [1.807, 2.05) is 18.2 Å². The highest BCUT2D eigenvalue weighted by Gasteiger charge is 2.15. The zero-order valence-corrected chi connectivity index (χ0v) is 11.8. The molecule has 0 fully saturated rings. The smallest absolute Gasteiger partial charge is 0.273 e. The molecule has 2 rings (SSSR count). The van der Waals surface area contributed by atoms with E-state index >= 15 is 0 Å². The minimum atomic E-state index is -0.805. The van der Waals surface area contributed by atoms with E-state index in [-0.39, 0.29) is 28.8 Å². The molecule has 0 saturated heterocycles. The second-order valence-corrected chi connectivity index (χ2v) is 4.83. The molecule has 6 heteroatoms. The van der Waals surface area contributed by atoms with Crippen LogP contribution in [0.3, 0.4) is 0 Å². The van der Waals surface area contributed by atoms with E-state index in [1.165, 1.54) is 4.57 Å². The van der Waals surface area contributed by atoms with Crippen molar-refractivity contribution in [3.05, 3.63) is 39.6 Å². The van der Waals surface area contributed by atoms with Crippen LogP contribution in [0.4, 0.5) is 0 Å². The summed E-state index contributed by atoms with van der Waals surface area (Å²) in [5.74, 6) is 0.338. The van der Waals surface area contributed by atoms with Crippen LogP contribution in [0.2, 0.25) is 5.02 Å². The number of aliphatic hydroxyl groups is 1. The molecule has 19 heavy (non-hydrogen) atoms. The van der Waals surface area contributed by atoms with Gasteiger partial charge in [-0.3, -0.25) is 4.79 Å². The Morgan fingerprint density at radius 3 is 2.79 bits per heavy atom. The summed E-state index contributed by atoms with van der Waals surface area (Å²) >= 11 is 11.5. The van der Waals surface area contributed by atoms with E-state index in [4.69, 9.17) is 27.9 Å². The summed E-state index contributed by atoms with van der Waals surface area (Å²) in [5.41, 5.74) is 0.378. The number of aryl methyl sites for hydroxylation is 1. The quantitative estimate of drug-likeness (QED) is 0.881. The van der Waals surface area contributed by atoms with Gasteiger partial charge < -0.3 is 14.4 Å². The second kappa shape index (κ2) is 5.82. The van der Waals surface area contributed by atoms with Crippen LogP contribution in [0.25, 0.3) is 10.9 Å². The third-order valence-corrected chi connectivity index (χ3v) is 3.49. The van der Waals surface area contributed by atoms with Crippen molar-refractivity contribution in [2.75, 3.05) is 12.5 Å². The van der Waals surface area contributed by atoms with Crippen molar-refractivity contribution in [3.63, 3.8) is 0 Å². The number of ether oxygens (including phenoxy) is 1. The van der Waals surface area contributed by atoms with Crippen LogP contribution < -0.4 is 10.3 Å². The minimum Gasteiger partial charge on any atom is -0.488 e. The molecule has 0 radical (unpaired) electrons. The van der Waals surface area contributed by atoms with E-state index in [9.17, 15) is 9.90 Å². The molecule has 1 atom stereocenters. The lowest BCUT2D eigenvalue weighted by atomic mass is 10.2. The topological polar surface area (TPSA) is 51.5 Å². The molecule has 0 aliphatic rings. The summed E-state index contributed by atoms with van der Waals surface area (Å²) in [7, 11) is 1.65. The number of para-hydroxylation sites is 1. The molecular weight excluding hydrogens is 289 g/mol. The molecule has 0 bridgehead atoms. The highest BCUT2D eigenvalue weighted by molar-refractivity contribution is 6.33. The van der Waals surface area contributed by atoms with Gasteiger partial charge in [-0.15, -0.1) is 11.6 Å². The number of nitrogens with zero attached hydrogens (tertiary/aromatic N) is 1. The summed E-state index contributed by atoms with van der Waals surface area (Å²) in [6.07, 6.45) is -0.805. The molecule has 4 nitrogen and oxygen atoms in total. The summed E-state index contributed by atoms with van der Waals surface area (Å²) < 4.78 is 6.92. The molecule has 0 saturated carbocycles. The first-order chi connectivity index (χ1) is 9.06. The fourth-order valence-corrected chi connectivity index (χ4v) is 2.17. The van der Waals surface area contributed by atoms with Gasteiger partial charge in [0.1, 0.15) is 17.7 Å². The average Bonchev–Trinajstić information content (AvgIpc) is 2.44. The van der Waals surface area contributed by atoms with Crippen LogP contribution in [0.1, 0.15) is 0 Å². The Morgan fingerprint density at radius 1 is 1.42 bits per heavy atom. The SMILES string of the molecule is Cn1c(=O)c(Cl)c(OCC(O)CCl)c2ccccc21. The first-order valence-electron chi connectivity index (χ1n) is 5.70. The molecule has 1 aromatic heterocycles. The Hall–Kier alpha value is -1.23. The number of aromatic nitrogens is 1. The summed E-state index contributed by atoms with van der Waals surface area (Å²) in [4.78, 5) is 12.0. The maximum Gasteiger partial charge on any atom is 0.273 e. The van der Waals surface area contributed by atoms with E-state index in [0.29, 0.717) is 5.52 Å². The van der Waals surface area contributed by atoms with Crippen molar-refractivity contribution in [2.24, 2.45) is 7.05 Å². The number of rotatable bonds is 4. The zero-order valence-electron chi connectivity index (χ0n) is 10.3. The fraction of sp³-hybridized carbons (Fsp3) is 0.308. The molecule has 1 unspecified atom stereocenters. The first-order valence-corrected chi connectivity index (χ1v) is 6.61. The molecule has 0 aliphatic carbocycles. The highest BCUT2D eigenvalue weighted by atomic mass is 35.5. The largest absolute Gasteiger partial charge is 0.488 e. The Bertz CT molecular complexity index is 654. The van der Waals surface area contributed by atoms with Crippen LogP contribution in [0, 0.1) is 0 Å². The molecule has 102 valence electrons. The van der Waals surface area contributed by atoms with Crippen molar-refractivity contribution in [1.29, 1.82) is 0 Å². The third-order valence-electron chi connectivity index (χ3n) is 2.80. The lowest BCUT2D eigenvalue weighted by Crippen LogP contribution is -2.22. The predicted octanol–water partition coefficient (Wildman–Crippen LogP) is 2.17. The lowest BCUT2D eigenvalue weighted by molar-refractivity contribution is 0.126. The highest BCUT2D eigenvalue weighted by Crippen LogP contribution is 2.30. The Morgan fingerprint density at radius 2 is 2.11 bits per heavy atom. The van der Waals surface area contributed by atoms with Gasteiger partial charge in [-0.1, -0.05) is 23.7 Å². The predicted molar refractivity (Wildman–Crippen MR) is 76.4 cm³/mol. The number of hydrogen-bond donors (Lipinski definition) is 1. The van der Waals surface area contributed by atoms with Gasteiger partial charge in [-0.05, 0) is 12.1 Å². The number of benzene rings is 1. The maximum atomic E-state index is 12.0. The first kappa shape index (κ1) is 14.2. The molecule has 1 heterocycles. The number of halogens is 2. The number of hydrogen-bond acceptors (Lipinski definition) is 3. The van der Waals surface area contributed by atoms with Gasteiger partial charge in [0.05, 0.1) is 11.4 Å². The molecule has 0 spiro atoms. The second-order valence-electron chi connectivity index (χ2n) is 4.14. The standard InChI is InChI=1S/C13H13Cl2NO3/c1-16-10-5-3-2-4-9(10)12(11(15)13(16)18)19-7-8(17)6-14/h2-5,8,17H,6-7H2,1H3. The van der Waals surface area contributed by atoms with Gasteiger partial charge in [0.15, 0.2) is 5.75 Å². The Labute approximate surface area is 120 Å². The van der Waals surface area contributed by atoms with Gasteiger partial charge in [-0.25, -0.2) is 0 Å². The van der Waals surface area contributed by atoms with Gasteiger partial charge in [0, 0.05) is 12.4 Å². The fourth-order valence-electron chi connectivity index (χ4n) is 1.80. The van der Waals surface area contributed by atoms with Gasteiger partial charge in [0.25, 0.3) is 5.56 Å². The van der Waals surface area contributed by atoms with E-state index < -0.39 is 6.10 Å². The van der Waals surface area contributed by atoms with Gasteiger partial charge in [-0.2, -0.15) is 0 Å². The molecular formula is C13H13Cl2NO3. The number of alkyl halides is 1. The minimum absolute atomic E-state index is 0.00275. The van der Waals surface area contributed by atoms with Gasteiger partial charge >= 0.3 is 0 Å². The van der Waals surface area contributed by atoms with E-state index in [0.717, 1.165) is 5.39 Å². The Kier molecular flexibility index (Phi) is 4.34. The molecule has 2 aromatic rings. The number of fused-ring (bicyclic) bond motifs is 1. The number of pyridine rings is 1. The molecule has 0 amide bonds. The van der Waals surface area contributed by atoms with Crippen LogP contribution in [0.5, 0.6) is 5.75 Å². The van der Waals surface area contributed by atoms with Crippen molar-refractivity contribution >= 4 is 34.1 Å². The van der Waals surface area contributed by atoms with Crippen LogP contribution >= 0.6 is 23.2 Å². The summed E-state index contributed by atoms with van der Waals surface area (Å²) in [6, 6.07) is 7.27. The van der Waals surface area contributed by atoms with E-state index in [2.05, 4.69) is 0 Å². The summed E-state index contributed by atoms with van der Waals surface area (Å²) in [6.45, 7) is -0.0135. The monoisotopic (exact) mass is 301 g/mol. The lowest BCUT2D eigenvalue weighted by Gasteiger charge is -2.15. The van der Waals surface area contributed by atoms with Crippen molar-refractivity contribution in [2.45, 2.75) is 6.10 Å². The molecule has 0 aliphatic heterocycles. The van der Waals surface area contributed by atoms with Crippen molar-refractivity contribution in [1.82, 2.24) is 4.57 Å². The summed E-state index contributed by atoms with van der Waals surface area (Å²) in [5, 5.41) is 10.1.